The summed E-state index contributed by atoms with van der Waals surface area (Å²) in [5.41, 5.74) is 1.47. The molecule has 0 fully saturated rings. The Hall–Kier alpha value is -2.23. The van der Waals surface area contributed by atoms with E-state index in [1.165, 1.54) is 12.1 Å². The van der Waals surface area contributed by atoms with Gasteiger partial charge in [-0.3, -0.25) is 0 Å². The van der Waals surface area contributed by atoms with E-state index >= 15 is 0 Å². The molecule has 3 nitrogen and oxygen atoms in total. The number of nitrogens with one attached hydrogen (secondary N) is 1. The van der Waals surface area contributed by atoms with Crippen molar-refractivity contribution in [3.63, 3.8) is 0 Å². The molecule has 0 bridgehead atoms. The van der Waals surface area contributed by atoms with E-state index in [1.54, 1.807) is 18.2 Å². The number of phenols is 1. The average Bonchev–Trinajstić information content (AvgIpc) is 2.40. The lowest BCUT2D eigenvalue weighted by Crippen LogP contribution is -2.03. The van der Waals surface area contributed by atoms with Gasteiger partial charge in [-0.25, -0.2) is 4.39 Å². The van der Waals surface area contributed by atoms with Crippen molar-refractivity contribution in [1.29, 1.82) is 0 Å². The Kier molecular flexibility index (Phi) is 4.23. The third kappa shape index (κ3) is 3.37. The molecule has 100 valence electrons. The molecule has 0 aliphatic heterocycles. The first-order chi connectivity index (χ1) is 9.20. The summed E-state index contributed by atoms with van der Waals surface area (Å²) in [5, 5.41) is 12.8. The summed E-state index contributed by atoms with van der Waals surface area (Å²) in [5.74, 6) is 0.365. The van der Waals surface area contributed by atoms with Gasteiger partial charge in [0.15, 0.2) is 0 Å². The highest BCUT2D eigenvalue weighted by Crippen LogP contribution is 2.27. The summed E-state index contributed by atoms with van der Waals surface area (Å²) in [6.45, 7) is 2.75. The molecule has 0 heterocycles. The quantitative estimate of drug-likeness (QED) is 0.865. The molecule has 2 aromatic carbocycles. The monoisotopic (exact) mass is 261 g/mol. The summed E-state index contributed by atoms with van der Waals surface area (Å²) >= 11 is 0. The van der Waals surface area contributed by atoms with E-state index in [0.29, 0.717) is 24.6 Å². The topological polar surface area (TPSA) is 41.5 Å². The van der Waals surface area contributed by atoms with Crippen LogP contribution in [0.2, 0.25) is 0 Å². The number of benzene rings is 2. The predicted molar refractivity (Wildman–Crippen MR) is 73.0 cm³/mol. The van der Waals surface area contributed by atoms with Crippen LogP contribution >= 0.6 is 0 Å². The Morgan fingerprint density at radius 3 is 2.74 bits per heavy atom. The largest absolute Gasteiger partial charge is 0.508 e. The summed E-state index contributed by atoms with van der Waals surface area (Å²) in [6.07, 6.45) is 0. The van der Waals surface area contributed by atoms with Crippen LogP contribution in [0.15, 0.2) is 42.5 Å². The van der Waals surface area contributed by atoms with E-state index in [0.717, 1.165) is 5.56 Å². The lowest BCUT2D eigenvalue weighted by molar-refractivity contribution is 0.339. The van der Waals surface area contributed by atoms with Crippen molar-refractivity contribution in [1.82, 2.24) is 0 Å². The summed E-state index contributed by atoms with van der Waals surface area (Å²) in [6, 6.07) is 11.4. The third-order valence-electron chi connectivity index (χ3n) is 2.70. The molecule has 0 saturated heterocycles. The Balaban J connectivity index is 2.13. The number of anilines is 1. The van der Waals surface area contributed by atoms with Gasteiger partial charge in [0.2, 0.25) is 0 Å². The predicted octanol–water partition coefficient (Wildman–Crippen LogP) is 3.54. The van der Waals surface area contributed by atoms with Gasteiger partial charge in [0.25, 0.3) is 0 Å². The Morgan fingerprint density at radius 1 is 1.21 bits per heavy atom. The summed E-state index contributed by atoms with van der Waals surface area (Å²) in [7, 11) is 0. The number of ether oxygens (including phenoxy) is 1. The lowest BCUT2D eigenvalue weighted by atomic mass is 10.2. The van der Waals surface area contributed by atoms with Crippen LogP contribution in [0.3, 0.4) is 0 Å². The molecule has 0 aliphatic carbocycles. The fraction of sp³-hybridized carbons (Fsp3) is 0.200. The van der Waals surface area contributed by atoms with Gasteiger partial charge in [-0.15, -0.1) is 0 Å². The van der Waals surface area contributed by atoms with Crippen LogP contribution in [0.1, 0.15) is 12.5 Å². The highest BCUT2D eigenvalue weighted by molar-refractivity contribution is 5.57. The van der Waals surface area contributed by atoms with Crippen molar-refractivity contribution < 1.29 is 14.2 Å². The van der Waals surface area contributed by atoms with Crippen molar-refractivity contribution in [2.24, 2.45) is 0 Å². The smallest absolute Gasteiger partial charge is 0.145 e. The van der Waals surface area contributed by atoms with E-state index in [-0.39, 0.29) is 11.6 Å². The van der Waals surface area contributed by atoms with Crippen molar-refractivity contribution in [2.45, 2.75) is 13.5 Å². The number of rotatable bonds is 5. The van der Waals surface area contributed by atoms with Gasteiger partial charge >= 0.3 is 0 Å². The van der Waals surface area contributed by atoms with Crippen LogP contribution in [0.4, 0.5) is 10.1 Å². The molecule has 19 heavy (non-hydrogen) atoms. The number of aromatic hydroxyl groups is 1. The molecule has 2 aromatic rings. The molecule has 2 rings (SSSR count). The second kappa shape index (κ2) is 6.09. The van der Waals surface area contributed by atoms with Crippen molar-refractivity contribution in [3.05, 3.63) is 53.8 Å². The number of halogens is 1. The first kappa shape index (κ1) is 13.2. The molecule has 0 unspecified atom stereocenters. The van der Waals surface area contributed by atoms with Gasteiger partial charge in [0.05, 0.1) is 12.3 Å². The summed E-state index contributed by atoms with van der Waals surface area (Å²) in [4.78, 5) is 0. The molecule has 0 aromatic heterocycles. The zero-order valence-electron chi connectivity index (χ0n) is 10.7. The van der Waals surface area contributed by atoms with E-state index in [4.69, 9.17) is 4.74 Å². The third-order valence-corrected chi connectivity index (χ3v) is 2.70. The standard InChI is InChI=1S/C15H16FNO2/c1-2-19-15-9-12(16)7-8-13(15)17-10-11-5-3-4-6-14(11)18/h3-9,17-18H,2,10H2,1H3. The van der Waals surface area contributed by atoms with Crippen LogP contribution in [-0.2, 0) is 6.54 Å². The van der Waals surface area contributed by atoms with Gasteiger partial charge in [-0.1, -0.05) is 18.2 Å². The van der Waals surface area contributed by atoms with Crippen LogP contribution in [0.5, 0.6) is 11.5 Å². The number of phenolic OH excluding ortho intramolecular Hbond substituents is 1. The Labute approximate surface area is 111 Å². The van der Waals surface area contributed by atoms with Crippen LogP contribution in [0.25, 0.3) is 0 Å². The van der Waals surface area contributed by atoms with Gasteiger partial charge < -0.3 is 15.2 Å². The Morgan fingerprint density at radius 2 is 2.00 bits per heavy atom. The first-order valence-corrected chi connectivity index (χ1v) is 6.13. The molecule has 0 amide bonds. The van der Waals surface area contributed by atoms with Crippen molar-refractivity contribution in [2.75, 3.05) is 11.9 Å². The molecular formula is C15H16FNO2. The van der Waals surface area contributed by atoms with Crippen LogP contribution in [-0.4, -0.2) is 11.7 Å². The van der Waals surface area contributed by atoms with Gasteiger partial charge in [-0.05, 0) is 25.1 Å². The van der Waals surface area contributed by atoms with Crippen molar-refractivity contribution >= 4 is 5.69 Å². The van der Waals surface area contributed by atoms with Crippen LogP contribution in [0, 0.1) is 5.82 Å². The van der Waals surface area contributed by atoms with E-state index in [2.05, 4.69) is 5.32 Å². The lowest BCUT2D eigenvalue weighted by Gasteiger charge is -2.13. The van der Waals surface area contributed by atoms with E-state index in [1.807, 2.05) is 19.1 Å². The second-order valence-corrected chi connectivity index (χ2v) is 4.06. The highest BCUT2D eigenvalue weighted by Gasteiger charge is 2.06. The molecule has 2 N–H and O–H groups in total. The SMILES string of the molecule is CCOc1cc(F)ccc1NCc1ccccc1O. The van der Waals surface area contributed by atoms with Crippen molar-refractivity contribution in [3.8, 4) is 11.5 Å². The second-order valence-electron chi connectivity index (χ2n) is 4.06. The highest BCUT2D eigenvalue weighted by atomic mass is 19.1. The summed E-state index contributed by atoms with van der Waals surface area (Å²) < 4.78 is 18.5. The van der Waals surface area contributed by atoms with E-state index in [9.17, 15) is 9.50 Å². The number of hydrogen-bond donors (Lipinski definition) is 2. The number of hydrogen-bond acceptors (Lipinski definition) is 3. The maximum absolute atomic E-state index is 13.2. The molecule has 0 spiro atoms. The maximum Gasteiger partial charge on any atom is 0.145 e. The van der Waals surface area contributed by atoms with Gasteiger partial charge in [0.1, 0.15) is 17.3 Å². The minimum atomic E-state index is -0.337. The molecule has 0 aliphatic rings. The normalized spacial score (nSPS) is 10.2. The minimum Gasteiger partial charge on any atom is -0.508 e. The first-order valence-electron chi connectivity index (χ1n) is 6.13. The van der Waals surface area contributed by atoms with Gasteiger partial charge in [-0.2, -0.15) is 0 Å². The zero-order valence-corrected chi connectivity index (χ0v) is 10.7. The van der Waals surface area contributed by atoms with Crippen LogP contribution < -0.4 is 10.1 Å². The number of para-hydroxylation sites is 1. The fourth-order valence-corrected chi connectivity index (χ4v) is 1.77. The minimum absolute atomic E-state index is 0.232. The molecule has 0 atom stereocenters. The molecule has 4 heteroatoms. The fourth-order valence-electron chi connectivity index (χ4n) is 1.77. The van der Waals surface area contributed by atoms with E-state index < -0.39 is 0 Å². The average molecular weight is 261 g/mol. The van der Waals surface area contributed by atoms with Gasteiger partial charge in [0, 0.05) is 18.2 Å². The Bertz CT molecular complexity index is 558. The molecule has 0 saturated carbocycles. The zero-order chi connectivity index (χ0) is 13.7. The molecular weight excluding hydrogens is 245 g/mol. The maximum atomic E-state index is 13.2. The molecule has 0 radical (unpaired) electrons.